The van der Waals surface area contributed by atoms with E-state index in [2.05, 4.69) is 11.4 Å². The summed E-state index contributed by atoms with van der Waals surface area (Å²) < 4.78 is 59.1. The molecule has 3 aromatic rings. The molecular formula is C38H45F4N3O4. The molecule has 2 aromatic carbocycles. The number of carbonyl (C=O) groups is 2. The smallest absolute Gasteiger partial charge is 0.416 e. The first-order chi connectivity index (χ1) is 23.0. The maximum absolute atomic E-state index is 16.0. The van der Waals surface area contributed by atoms with Gasteiger partial charge in [0.2, 0.25) is 5.91 Å². The number of aromatic nitrogens is 1. The van der Waals surface area contributed by atoms with Gasteiger partial charge >= 0.3 is 12.1 Å². The minimum absolute atomic E-state index is 0.00854. The summed E-state index contributed by atoms with van der Waals surface area (Å²) in [6, 6.07) is 5.46. The Hall–Kier alpha value is -3.99. The SMILES string of the molecule is Cc1cc(C)c(-c2cc(C)c(F)c([C@H](CC(=O)O)NC(=O)C(CC(C)C)n3cc(CCN4CCC4)c(C(F)(F)F)cc3=O)c2)c(C2CC2)c1. The van der Waals surface area contributed by atoms with Crippen LogP contribution in [0.1, 0.15) is 103 Å². The summed E-state index contributed by atoms with van der Waals surface area (Å²) in [7, 11) is 0. The highest BCUT2D eigenvalue weighted by atomic mass is 19.4. The van der Waals surface area contributed by atoms with E-state index in [1.807, 2.05) is 38.7 Å². The highest BCUT2D eigenvalue weighted by Crippen LogP contribution is 2.46. The maximum Gasteiger partial charge on any atom is 0.416 e. The molecule has 2 fully saturated rings. The molecule has 1 saturated heterocycles. The zero-order valence-electron chi connectivity index (χ0n) is 28.7. The van der Waals surface area contributed by atoms with Crippen molar-refractivity contribution in [2.24, 2.45) is 5.92 Å². The van der Waals surface area contributed by atoms with Crippen LogP contribution >= 0.6 is 0 Å². The average molecular weight is 684 g/mol. The third kappa shape index (κ3) is 8.43. The second kappa shape index (κ2) is 14.5. The summed E-state index contributed by atoms with van der Waals surface area (Å²) in [6.45, 7) is 11.2. The number of aryl methyl sites for hydroxylation is 3. The second-order valence-corrected chi connectivity index (χ2v) is 14.2. The van der Waals surface area contributed by atoms with Crippen molar-refractivity contribution >= 4 is 11.9 Å². The zero-order valence-corrected chi connectivity index (χ0v) is 28.7. The molecule has 1 amide bonds. The van der Waals surface area contributed by atoms with Crippen molar-refractivity contribution in [2.45, 2.75) is 97.3 Å². The van der Waals surface area contributed by atoms with E-state index in [-0.39, 0.29) is 35.4 Å². The Morgan fingerprint density at radius 2 is 1.71 bits per heavy atom. The van der Waals surface area contributed by atoms with Gasteiger partial charge in [-0.25, -0.2) is 4.39 Å². The first kappa shape index (κ1) is 36.3. The third-order valence-electron chi connectivity index (χ3n) is 9.62. The van der Waals surface area contributed by atoms with Gasteiger partial charge in [-0.05, 0) is 123 Å². The van der Waals surface area contributed by atoms with Gasteiger partial charge < -0.3 is 19.9 Å². The molecule has 1 aliphatic carbocycles. The quantitative estimate of drug-likeness (QED) is 0.181. The number of nitrogens with zero attached hydrogens (tertiary/aromatic N) is 2. The van der Waals surface area contributed by atoms with Gasteiger partial charge in [0.15, 0.2) is 0 Å². The Bertz CT molecular complexity index is 1790. The fourth-order valence-corrected chi connectivity index (χ4v) is 6.96. The standard InChI is InChI=1S/C38H45F4N3O4/c1-21(2)13-32(45-20-26(9-12-44-10-6-11-44)30(18-33(45)46)38(40,41)42)37(49)43-31(19-34(47)48)29-17-27(16-24(5)36(29)39)35-23(4)14-22(3)15-28(35)25-7-8-25/h14-18,20-21,25,31-32H,6-13,19H2,1-5H3,(H,43,49)(H,47,48)/t31-,32?/m0/s1. The molecule has 11 heteroatoms. The van der Waals surface area contributed by atoms with Crippen LogP contribution in [0.4, 0.5) is 17.6 Å². The average Bonchev–Trinajstić information content (AvgIpc) is 3.81. The number of halogens is 4. The minimum Gasteiger partial charge on any atom is -0.481 e. The van der Waals surface area contributed by atoms with Crippen LogP contribution in [0.5, 0.6) is 0 Å². The first-order valence-corrected chi connectivity index (χ1v) is 17.0. The largest absolute Gasteiger partial charge is 0.481 e. The van der Waals surface area contributed by atoms with E-state index in [0.717, 1.165) is 65.4 Å². The van der Waals surface area contributed by atoms with Gasteiger partial charge in [0.1, 0.15) is 11.9 Å². The molecule has 2 N–H and O–H groups in total. The van der Waals surface area contributed by atoms with Crippen LogP contribution in [0.25, 0.3) is 11.1 Å². The number of aliphatic carboxylic acids is 1. The molecule has 0 spiro atoms. The van der Waals surface area contributed by atoms with Crippen molar-refractivity contribution in [2.75, 3.05) is 19.6 Å². The molecule has 49 heavy (non-hydrogen) atoms. The molecule has 1 saturated carbocycles. The molecule has 5 rings (SSSR count). The summed E-state index contributed by atoms with van der Waals surface area (Å²) in [5.74, 6) is -2.50. The number of alkyl halides is 3. The van der Waals surface area contributed by atoms with Crippen molar-refractivity contribution in [3.63, 3.8) is 0 Å². The van der Waals surface area contributed by atoms with Crippen LogP contribution in [0.2, 0.25) is 0 Å². The van der Waals surface area contributed by atoms with Gasteiger partial charge in [0, 0.05) is 24.4 Å². The fraction of sp³-hybridized carbons (Fsp3) is 0.500. The predicted octanol–water partition coefficient (Wildman–Crippen LogP) is 7.64. The Labute approximate surface area is 284 Å². The van der Waals surface area contributed by atoms with Crippen LogP contribution in [0.15, 0.2) is 41.3 Å². The normalized spacial score (nSPS) is 16.4. The lowest BCUT2D eigenvalue weighted by atomic mass is 9.87. The summed E-state index contributed by atoms with van der Waals surface area (Å²) in [4.78, 5) is 41.5. The summed E-state index contributed by atoms with van der Waals surface area (Å²) in [5.41, 5.74) is 3.07. The van der Waals surface area contributed by atoms with Gasteiger partial charge in [0.25, 0.3) is 5.56 Å². The van der Waals surface area contributed by atoms with Gasteiger partial charge in [-0.1, -0.05) is 31.5 Å². The number of nitrogens with one attached hydrogen (secondary N) is 1. The van der Waals surface area contributed by atoms with E-state index < -0.39 is 53.5 Å². The lowest BCUT2D eigenvalue weighted by Gasteiger charge is -2.31. The van der Waals surface area contributed by atoms with E-state index in [1.165, 1.54) is 0 Å². The van der Waals surface area contributed by atoms with Crippen LogP contribution < -0.4 is 10.9 Å². The molecule has 1 aromatic heterocycles. The van der Waals surface area contributed by atoms with E-state index >= 15 is 4.39 Å². The Morgan fingerprint density at radius 3 is 2.29 bits per heavy atom. The Morgan fingerprint density at radius 1 is 1.02 bits per heavy atom. The number of carboxylic acids is 1. The van der Waals surface area contributed by atoms with E-state index in [4.69, 9.17) is 0 Å². The number of likely N-dealkylation sites (tertiary alicyclic amines) is 1. The zero-order chi connectivity index (χ0) is 35.8. The number of hydrogen-bond acceptors (Lipinski definition) is 4. The first-order valence-electron chi connectivity index (χ1n) is 17.0. The second-order valence-electron chi connectivity index (χ2n) is 14.2. The van der Waals surface area contributed by atoms with Crippen LogP contribution in [0.3, 0.4) is 0 Å². The maximum atomic E-state index is 16.0. The number of rotatable bonds is 13. The molecule has 2 heterocycles. The van der Waals surface area contributed by atoms with E-state index in [9.17, 15) is 32.7 Å². The fourth-order valence-electron chi connectivity index (χ4n) is 6.96. The highest BCUT2D eigenvalue weighted by Gasteiger charge is 2.36. The molecule has 1 unspecified atom stereocenters. The molecule has 7 nitrogen and oxygen atoms in total. The van der Waals surface area contributed by atoms with Gasteiger partial charge in [-0.2, -0.15) is 13.2 Å². The van der Waals surface area contributed by atoms with Crippen molar-refractivity contribution in [1.82, 2.24) is 14.8 Å². The van der Waals surface area contributed by atoms with E-state index in [0.29, 0.717) is 24.1 Å². The number of carbonyl (C=O) groups excluding carboxylic acids is 1. The molecule has 2 aliphatic rings. The van der Waals surface area contributed by atoms with E-state index in [1.54, 1.807) is 19.1 Å². The number of hydrogen-bond donors (Lipinski definition) is 2. The lowest BCUT2D eigenvalue weighted by molar-refractivity contribution is -0.139. The number of pyridine rings is 1. The van der Waals surface area contributed by atoms with Crippen LogP contribution in [-0.4, -0.2) is 46.1 Å². The van der Waals surface area contributed by atoms with Crippen molar-refractivity contribution in [3.05, 3.63) is 91.6 Å². The monoisotopic (exact) mass is 683 g/mol. The van der Waals surface area contributed by atoms with Gasteiger partial charge in [-0.15, -0.1) is 0 Å². The highest BCUT2D eigenvalue weighted by molar-refractivity contribution is 5.82. The lowest BCUT2D eigenvalue weighted by Crippen LogP contribution is -2.41. The number of benzene rings is 2. The molecule has 264 valence electrons. The van der Waals surface area contributed by atoms with Crippen molar-refractivity contribution in [1.29, 1.82) is 0 Å². The van der Waals surface area contributed by atoms with Gasteiger partial charge in [0.05, 0.1) is 18.0 Å². The molecular weight excluding hydrogens is 638 g/mol. The van der Waals surface area contributed by atoms with Crippen molar-refractivity contribution in [3.8, 4) is 11.1 Å². The summed E-state index contributed by atoms with van der Waals surface area (Å²) >= 11 is 0. The predicted molar refractivity (Wildman–Crippen MR) is 180 cm³/mol. The van der Waals surface area contributed by atoms with Crippen LogP contribution in [0, 0.1) is 32.5 Å². The number of carboxylic acid groups (broad SMARTS) is 1. The molecule has 0 radical (unpaired) electrons. The summed E-state index contributed by atoms with van der Waals surface area (Å²) in [6.07, 6.45) is -1.12. The molecule has 2 atom stereocenters. The van der Waals surface area contributed by atoms with Gasteiger partial charge in [-0.3, -0.25) is 14.4 Å². The Kier molecular flexibility index (Phi) is 10.7. The molecule has 1 aliphatic heterocycles. The van der Waals surface area contributed by atoms with Crippen LogP contribution in [-0.2, 0) is 22.2 Å². The number of amides is 1. The third-order valence-corrected chi connectivity index (χ3v) is 9.62. The van der Waals surface area contributed by atoms with Crippen molar-refractivity contribution < 1.29 is 32.3 Å². The minimum atomic E-state index is -4.76. The molecule has 0 bridgehead atoms. The summed E-state index contributed by atoms with van der Waals surface area (Å²) in [5, 5.41) is 12.6. The topological polar surface area (TPSA) is 91.6 Å². The Balaban J connectivity index is 1.55.